The molecule has 1 saturated heterocycles. The van der Waals surface area contributed by atoms with E-state index in [0.29, 0.717) is 17.8 Å². The second kappa shape index (κ2) is 8.26. The zero-order valence-corrected chi connectivity index (χ0v) is 14.4. The zero-order valence-electron chi connectivity index (χ0n) is 14.4. The van der Waals surface area contributed by atoms with Crippen molar-refractivity contribution in [3.05, 3.63) is 59.9 Å². The van der Waals surface area contributed by atoms with E-state index in [0.717, 1.165) is 31.2 Å². The molecule has 1 aliphatic heterocycles. The van der Waals surface area contributed by atoms with Crippen LogP contribution >= 0.6 is 0 Å². The van der Waals surface area contributed by atoms with Gasteiger partial charge in [0.15, 0.2) is 0 Å². The molecule has 0 aliphatic carbocycles. The third-order valence-corrected chi connectivity index (χ3v) is 4.57. The third-order valence-electron chi connectivity index (χ3n) is 4.57. The summed E-state index contributed by atoms with van der Waals surface area (Å²) in [7, 11) is 0. The number of carbonyl (C=O) groups excluding carboxylic acids is 2. The Morgan fingerprint density at radius 3 is 2.50 bits per heavy atom. The molecule has 1 aromatic carbocycles. The van der Waals surface area contributed by atoms with Crippen LogP contribution in [0.25, 0.3) is 0 Å². The Balaban J connectivity index is 1.76. The Bertz CT molecular complexity index is 812. The van der Waals surface area contributed by atoms with Crippen LogP contribution in [-0.4, -0.2) is 28.2 Å². The number of rotatable bonds is 2. The number of hydrogen-bond donors (Lipinski definition) is 1. The van der Waals surface area contributed by atoms with Gasteiger partial charge in [0.2, 0.25) is 0 Å². The van der Waals surface area contributed by atoms with Gasteiger partial charge in [0.05, 0.1) is 17.7 Å². The molecule has 0 radical (unpaired) electrons. The molecule has 26 heavy (non-hydrogen) atoms. The topological polar surface area (TPSA) is 86.1 Å². The number of anilines is 1. The van der Waals surface area contributed by atoms with Crippen LogP contribution in [0.1, 0.15) is 42.9 Å². The second-order valence-corrected chi connectivity index (χ2v) is 6.29. The number of pyridine rings is 1. The molecule has 132 valence electrons. The van der Waals surface area contributed by atoms with Gasteiger partial charge in [-0.3, -0.25) is 14.6 Å². The van der Waals surface area contributed by atoms with E-state index in [1.165, 1.54) is 0 Å². The standard InChI is InChI=1S/C20H20N4O2/c21-14-15-5-7-17(8-6-15)23-19(25)20(26)24-13-3-1-2-4-18(24)16-9-11-22-12-10-16/h5-12,18H,1-4,13H2,(H,23,25). The smallest absolute Gasteiger partial charge is 0.313 e. The van der Waals surface area contributed by atoms with Crippen molar-refractivity contribution >= 4 is 17.5 Å². The number of nitrogens with zero attached hydrogens (tertiary/aromatic N) is 3. The minimum absolute atomic E-state index is 0.111. The first-order chi connectivity index (χ1) is 12.7. The summed E-state index contributed by atoms with van der Waals surface area (Å²) in [4.78, 5) is 31.0. The SMILES string of the molecule is N#Cc1ccc(NC(=O)C(=O)N2CCCCCC2c2ccncc2)cc1. The Morgan fingerprint density at radius 1 is 1.08 bits per heavy atom. The van der Waals surface area contributed by atoms with Crippen molar-refractivity contribution in [3.63, 3.8) is 0 Å². The number of amides is 2. The molecule has 6 nitrogen and oxygen atoms in total. The zero-order chi connectivity index (χ0) is 18.4. The molecule has 0 saturated carbocycles. The Morgan fingerprint density at radius 2 is 1.81 bits per heavy atom. The van der Waals surface area contributed by atoms with Crippen LogP contribution in [0, 0.1) is 11.3 Å². The number of likely N-dealkylation sites (tertiary alicyclic amines) is 1. The number of carbonyl (C=O) groups is 2. The van der Waals surface area contributed by atoms with Crippen molar-refractivity contribution in [2.75, 3.05) is 11.9 Å². The van der Waals surface area contributed by atoms with Gasteiger partial charge < -0.3 is 10.2 Å². The highest BCUT2D eigenvalue weighted by Crippen LogP contribution is 2.30. The van der Waals surface area contributed by atoms with Crippen LogP contribution in [0.2, 0.25) is 0 Å². The average molecular weight is 348 g/mol. The normalized spacial score (nSPS) is 17.0. The fraction of sp³-hybridized carbons (Fsp3) is 0.300. The number of benzene rings is 1. The van der Waals surface area contributed by atoms with E-state index in [-0.39, 0.29) is 6.04 Å². The quantitative estimate of drug-likeness (QED) is 0.845. The summed E-state index contributed by atoms with van der Waals surface area (Å²) in [5.41, 5.74) is 2.00. The maximum Gasteiger partial charge on any atom is 0.313 e. The average Bonchev–Trinajstić information content (AvgIpc) is 2.94. The molecule has 6 heteroatoms. The fourth-order valence-electron chi connectivity index (χ4n) is 3.23. The molecular formula is C20H20N4O2. The molecule has 1 aliphatic rings. The first-order valence-electron chi connectivity index (χ1n) is 8.71. The van der Waals surface area contributed by atoms with Crippen molar-refractivity contribution < 1.29 is 9.59 Å². The van der Waals surface area contributed by atoms with Gasteiger partial charge in [-0.1, -0.05) is 12.8 Å². The van der Waals surface area contributed by atoms with Gasteiger partial charge in [-0.15, -0.1) is 0 Å². The Labute approximate surface area is 152 Å². The van der Waals surface area contributed by atoms with Gasteiger partial charge >= 0.3 is 11.8 Å². The monoisotopic (exact) mass is 348 g/mol. The van der Waals surface area contributed by atoms with E-state index >= 15 is 0 Å². The lowest BCUT2D eigenvalue weighted by Gasteiger charge is -2.29. The Hall–Kier alpha value is -3.20. The van der Waals surface area contributed by atoms with Gasteiger partial charge in [0.1, 0.15) is 0 Å². The molecular weight excluding hydrogens is 328 g/mol. The lowest BCUT2D eigenvalue weighted by atomic mass is 10.0. The van der Waals surface area contributed by atoms with Gasteiger partial charge in [-0.05, 0) is 54.8 Å². The largest absolute Gasteiger partial charge is 0.327 e. The molecule has 1 N–H and O–H groups in total. The maximum atomic E-state index is 12.8. The van der Waals surface area contributed by atoms with Crippen molar-refractivity contribution in [2.45, 2.75) is 31.7 Å². The van der Waals surface area contributed by atoms with Crippen LogP contribution in [0.3, 0.4) is 0 Å². The highest BCUT2D eigenvalue weighted by Gasteiger charge is 2.30. The van der Waals surface area contributed by atoms with Gasteiger partial charge in [0, 0.05) is 24.6 Å². The minimum atomic E-state index is -0.657. The van der Waals surface area contributed by atoms with E-state index in [4.69, 9.17) is 5.26 Å². The van der Waals surface area contributed by atoms with Crippen LogP contribution in [-0.2, 0) is 9.59 Å². The summed E-state index contributed by atoms with van der Waals surface area (Å²) in [6.07, 6.45) is 7.20. The predicted octanol–water partition coefficient (Wildman–Crippen LogP) is 3.04. The van der Waals surface area contributed by atoms with E-state index < -0.39 is 11.8 Å². The molecule has 2 amide bonds. The van der Waals surface area contributed by atoms with E-state index in [1.807, 2.05) is 18.2 Å². The molecule has 1 fully saturated rings. The second-order valence-electron chi connectivity index (χ2n) is 6.29. The fourth-order valence-corrected chi connectivity index (χ4v) is 3.23. The first kappa shape index (κ1) is 17.6. The van der Waals surface area contributed by atoms with Crippen LogP contribution < -0.4 is 5.32 Å². The lowest BCUT2D eigenvalue weighted by molar-refractivity contribution is -0.144. The summed E-state index contributed by atoms with van der Waals surface area (Å²) >= 11 is 0. The van der Waals surface area contributed by atoms with Crippen LogP contribution in [0.15, 0.2) is 48.8 Å². The lowest BCUT2D eigenvalue weighted by Crippen LogP contribution is -2.42. The molecule has 1 unspecified atom stereocenters. The van der Waals surface area contributed by atoms with Crippen LogP contribution in [0.5, 0.6) is 0 Å². The van der Waals surface area contributed by atoms with E-state index in [9.17, 15) is 9.59 Å². The predicted molar refractivity (Wildman–Crippen MR) is 96.9 cm³/mol. The summed E-state index contributed by atoms with van der Waals surface area (Å²) in [5, 5.41) is 11.5. The maximum absolute atomic E-state index is 12.8. The van der Waals surface area contributed by atoms with E-state index in [2.05, 4.69) is 10.3 Å². The van der Waals surface area contributed by atoms with Gasteiger partial charge in [-0.2, -0.15) is 5.26 Å². The number of nitrogens with one attached hydrogen (secondary N) is 1. The van der Waals surface area contributed by atoms with Crippen LogP contribution in [0.4, 0.5) is 5.69 Å². The molecule has 2 aromatic rings. The number of hydrogen-bond acceptors (Lipinski definition) is 4. The molecule has 1 aromatic heterocycles. The Kier molecular flexibility index (Phi) is 5.59. The molecule has 3 rings (SSSR count). The minimum Gasteiger partial charge on any atom is -0.327 e. The van der Waals surface area contributed by atoms with Gasteiger partial charge in [-0.25, -0.2) is 0 Å². The summed E-state index contributed by atoms with van der Waals surface area (Å²) in [5.74, 6) is -1.19. The molecule has 1 atom stereocenters. The third kappa shape index (κ3) is 4.06. The highest BCUT2D eigenvalue weighted by molar-refractivity contribution is 6.39. The van der Waals surface area contributed by atoms with Crippen molar-refractivity contribution in [1.82, 2.24) is 9.88 Å². The summed E-state index contributed by atoms with van der Waals surface area (Å²) in [6, 6.07) is 12.1. The number of aromatic nitrogens is 1. The van der Waals surface area contributed by atoms with Crippen molar-refractivity contribution in [3.8, 4) is 6.07 Å². The van der Waals surface area contributed by atoms with Gasteiger partial charge in [0.25, 0.3) is 0 Å². The first-order valence-corrected chi connectivity index (χ1v) is 8.71. The molecule has 0 bridgehead atoms. The van der Waals surface area contributed by atoms with E-state index in [1.54, 1.807) is 41.6 Å². The van der Waals surface area contributed by atoms with Crippen molar-refractivity contribution in [2.24, 2.45) is 0 Å². The highest BCUT2D eigenvalue weighted by atomic mass is 16.2. The molecule has 0 spiro atoms. The summed E-state index contributed by atoms with van der Waals surface area (Å²) < 4.78 is 0. The molecule has 2 heterocycles. The summed E-state index contributed by atoms with van der Waals surface area (Å²) in [6.45, 7) is 0.562. The number of nitriles is 1. The van der Waals surface area contributed by atoms with Crippen molar-refractivity contribution in [1.29, 1.82) is 5.26 Å².